The van der Waals surface area contributed by atoms with Gasteiger partial charge in [-0.15, -0.1) is 0 Å². The summed E-state index contributed by atoms with van der Waals surface area (Å²) >= 11 is 0. The van der Waals surface area contributed by atoms with Gasteiger partial charge in [0.25, 0.3) is 0 Å². The zero-order valence-corrected chi connectivity index (χ0v) is 14.4. The maximum absolute atomic E-state index is 12.7. The number of carbonyl (C=O) groups is 3. The lowest BCUT2D eigenvalue weighted by Crippen LogP contribution is -2.50. The van der Waals surface area contributed by atoms with E-state index in [1.54, 1.807) is 4.90 Å². The molecule has 1 aliphatic carbocycles. The second kappa shape index (κ2) is 8.46. The third-order valence-electron chi connectivity index (χ3n) is 5.04. The van der Waals surface area contributed by atoms with Crippen LogP contribution in [0.2, 0.25) is 0 Å². The summed E-state index contributed by atoms with van der Waals surface area (Å²) < 4.78 is 5.59. The first kappa shape index (κ1) is 18.7. The molecule has 1 saturated heterocycles. The Morgan fingerprint density at radius 1 is 1.21 bits per heavy atom. The van der Waals surface area contributed by atoms with E-state index in [2.05, 4.69) is 5.32 Å². The Balaban J connectivity index is 1.93. The molecule has 2 rings (SSSR count). The van der Waals surface area contributed by atoms with Crippen molar-refractivity contribution in [3.8, 4) is 0 Å². The Labute approximate surface area is 142 Å². The number of carboxylic acid groups (broad SMARTS) is 1. The first-order chi connectivity index (χ1) is 11.4. The maximum atomic E-state index is 12.7. The number of ether oxygens (including phenoxy) is 1. The third-order valence-corrected chi connectivity index (χ3v) is 5.04. The lowest BCUT2D eigenvalue weighted by molar-refractivity contribution is -0.145. The van der Waals surface area contributed by atoms with E-state index < -0.39 is 11.4 Å². The van der Waals surface area contributed by atoms with Crippen molar-refractivity contribution >= 4 is 17.8 Å². The molecular weight excluding hydrogens is 312 g/mol. The van der Waals surface area contributed by atoms with Gasteiger partial charge in [0.15, 0.2) is 0 Å². The van der Waals surface area contributed by atoms with Crippen molar-refractivity contribution in [1.82, 2.24) is 10.2 Å². The van der Waals surface area contributed by atoms with Crippen molar-refractivity contribution in [2.45, 2.75) is 58.0 Å². The van der Waals surface area contributed by atoms with Gasteiger partial charge in [-0.2, -0.15) is 0 Å². The minimum Gasteiger partial charge on any atom is -0.481 e. The summed E-state index contributed by atoms with van der Waals surface area (Å²) in [5, 5.41) is 11.9. The number of nitrogens with one attached hydrogen (secondary N) is 1. The Hall–Kier alpha value is -1.63. The highest BCUT2D eigenvalue weighted by Crippen LogP contribution is 2.42. The van der Waals surface area contributed by atoms with Crippen LogP contribution in [-0.4, -0.2) is 60.1 Å². The molecule has 1 heterocycles. The largest absolute Gasteiger partial charge is 0.481 e. The van der Waals surface area contributed by atoms with E-state index in [-0.39, 0.29) is 24.3 Å². The fourth-order valence-electron chi connectivity index (χ4n) is 3.80. The van der Waals surface area contributed by atoms with E-state index in [1.165, 1.54) is 6.92 Å². The maximum Gasteiger partial charge on any atom is 0.303 e. The minimum atomic E-state index is -0.824. The van der Waals surface area contributed by atoms with Gasteiger partial charge in [-0.25, -0.2) is 0 Å². The zero-order chi connectivity index (χ0) is 17.6. The average molecular weight is 340 g/mol. The SMILES string of the molecule is CC(=O)NCC1CN(C(=O)CC2(CC(=O)O)CCCCC2)CCO1. The Kier molecular flexibility index (Phi) is 6.60. The van der Waals surface area contributed by atoms with Gasteiger partial charge in [-0.3, -0.25) is 14.4 Å². The predicted molar refractivity (Wildman–Crippen MR) is 87.4 cm³/mol. The first-order valence-corrected chi connectivity index (χ1v) is 8.76. The van der Waals surface area contributed by atoms with Crippen molar-refractivity contribution in [2.75, 3.05) is 26.2 Å². The van der Waals surface area contributed by atoms with Crippen LogP contribution >= 0.6 is 0 Å². The zero-order valence-electron chi connectivity index (χ0n) is 14.4. The van der Waals surface area contributed by atoms with Gasteiger partial charge in [-0.1, -0.05) is 19.3 Å². The topological polar surface area (TPSA) is 95.9 Å². The van der Waals surface area contributed by atoms with Gasteiger partial charge in [0.2, 0.25) is 11.8 Å². The fraction of sp³-hybridized carbons (Fsp3) is 0.824. The minimum absolute atomic E-state index is 0.00859. The van der Waals surface area contributed by atoms with E-state index in [4.69, 9.17) is 4.74 Å². The highest BCUT2D eigenvalue weighted by molar-refractivity contribution is 5.78. The normalized spacial score (nSPS) is 23.5. The highest BCUT2D eigenvalue weighted by Gasteiger charge is 2.38. The fourth-order valence-corrected chi connectivity index (χ4v) is 3.80. The van der Waals surface area contributed by atoms with Gasteiger partial charge in [-0.05, 0) is 18.3 Å². The van der Waals surface area contributed by atoms with Crippen molar-refractivity contribution < 1.29 is 24.2 Å². The summed E-state index contributed by atoms with van der Waals surface area (Å²) in [6.45, 7) is 3.26. The number of rotatable bonds is 6. The predicted octanol–water partition coefficient (Wildman–Crippen LogP) is 1.17. The van der Waals surface area contributed by atoms with Gasteiger partial charge < -0.3 is 20.1 Å². The number of hydrogen-bond donors (Lipinski definition) is 2. The van der Waals surface area contributed by atoms with Crippen LogP contribution in [-0.2, 0) is 19.1 Å². The van der Waals surface area contributed by atoms with Crippen molar-refractivity contribution in [3.63, 3.8) is 0 Å². The summed E-state index contributed by atoms with van der Waals surface area (Å²) in [5.41, 5.74) is -0.396. The summed E-state index contributed by atoms with van der Waals surface area (Å²) in [6, 6.07) is 0. The highest BCUT2D eigenvalue weighted by atomic mass is 16.5. The van der Waals surface area contributed by atoms with Crippen LogP contribution in [0.3, 0.4) is 0 Å². The van der Waals surface area contributed by atoms with E-state index in [1.807, 2.05) is 0 Å². The molecule has 136 valence electrons. The summed E-state index contributed by atoms with van der Waals surface area (Å²) in [6.07, 6.45) is 4.89. The molecule has 1 unspecified atom stereocenters. The molecule has 0 radical (unpaired) electrons. The molecule has 1 saturated carbocycles. The van der Waals surface area contributed by atoms with Gasteiger partial charge in [0.1, 0.15) is 0 Å². The van der Waals surface area contributed by atoms with E-state index in [0.717, 1.165) is 32.1 Å². The third kappa shape index (κ3) is 5.47. The molecule has 0 spiro atoms. The molecule has 24 heavy (non-hydrogen) atoms. The smallest absolute Gasteiger partial charge is 0.303 e. The first-order valence-electron chi connectivity index (χ1n) is 8.76. The van der Waals surface area contributed by atoms with E-state index in [9.17, 15) is 19.5 Å². The Bertz CT molecular complexity index is 474. The number of hydrogen-bond acceptors (Lipinski definition) is 4. The van der Waals surface area contributed by atoms with Gasteiger partial charge >= 0.3 is 5.97 Å². The molecule has 0 aromatic carbocycles. The van der Waals surface area contributed by atoms with Crippen molar-refractivity contribution in [1.29, 1.82) is 0 Å². The second-order valence-corrected chi connectivity index (χ2v) is 7.08. The van der Waals surface area contributed by atoms with Crippen LogP contribution in [0.5, 0.6) is 0 Å². The molecule has 0 aromatic rings. The summed E-state index contributed by atoms with van der Waals surface area (Å²) in [7, 11) is 0. The van der Waals surface area contributed by atoms with E-state index >= 15 is 0 Å². The van der Waals surface area contributed by atoms with Crippen molar-refractivity contribution in [2.24, 2.45) is 5.41 Å². The summed E-state index contributed by atoms with van der Waals surface area (Å²) in [4.78, 5) is 36.7. The van der Waals surface area contributed by atoms with Crippen LogP contribution < -0.4 is 5.32 Å². The molecule has 1 aliphatic heterocycles. The number of nitrogens with zero attached hydrogens (tertiary/aromatic N) is 1. The molecule has 2 fully saturated rings. The molecule has 2 aliphatic rings. The Morgan fingerprint density at radius 2 is 1.92 bits per heavy atom. The van der Waals surface area contributed by atoms with Gasteiger partial charge in [0.05, 0.1) is 19.1 Å². The van der Waals surface area contributed by atoms with Crippen LogP contribution in [0.1, 0.15) is 51.9 Å². The molecular formula is C17H28N2O5. The lowest BCUT2D eigenvalue weighted by atomic mass is 9.69. The molecule has 2 N–H and O–H groups in total. The number of morpholine rings is 1. The quantitative estimate of drug-likeness (QED) is 0.756. The molecule has 1 atom stereocenters. The number of aliphatic carboxylic acids is 1. The molecule has 0 aromatic heterocycles. The van der Waals surface area contributed by atoms with Crippen LogP contribution in [0.25, 0.3) is 0 Å². The number of carboxylic acids is 1. The Morgan fingerprint density at radius 3 is 2.54 bits per heavy atom. The second-order valence-electron chi connectivity index (χ2n) is 7.08. The molecule has 2 amide bonds. The molecule has 7 heteroatoms. The summed E-state index contributed by atoms with van der Waals surface area (Å²) in [5.74, 6) is -0.936. The van der Waals surface area contributed by atoms with Crippen LogP contribution in [0, 0.1) is 5.41 Å². The molecule has 7 nitrogen and oxygen atoms in total. The van der Waals surface area contributed by atoms with Gasteiger partial charge in [0, 0.05) is 33.0 Å². The standard InChI is InChI=1S/C17H28N2O5/c1-13(20)18-11-14-12-19(7-8-24-14)15(21)9-17(10-16(22)23)5-3-2-4-6-17/h14H,2-12H2,1H3,(H,18,20)(H,22,23). The lowest BCUT2D eigenvalue weighted by Gasteiger charge is -2.39. The van der Waals surface area contributed by atoms with E-state index in [0.29, 0.717) is 32.7 Å². The average Bonchev–Trinajstić information content (AvgIpc) is 2.53. The van der Waals surface area contributed by atoms with Crippen molar-refractivity contribution in [3.05, 3.63) is 0 Å². The molecule has 0 bridgehead atoms. The monoisotopic (exact) mass is 340 g/mol. The van der Waals surface area contributed by atoms with Crippen LogP contribution in [0.15, 0.2) is 0 Å². The number of amides is 2. The van der Waals surface area contributed by atoms with Crippen LogP contribution in [0.4, 0.5) is 0 Å². The number of carbonyl (C=O) groups excluding carboxylic acids is 2.